The summed E-state index contributed by atoms with van der Waals surface area (Å²) in [6, 6.07) is 7.65. The molecule has 0 fully saturated rings. The van der Waals surface area contributed by atoms with Gasteiger partial charge in [0.25, 0.3) is 0 Å². The van der Waals surface area contributed by atoms with Gasteiger partial charge in [-0.05, 0) is 18.2 Å². The quantitative estimate of drug-likeness (QED) is 0.793. The highest BCUT2D eigenvalue weighted by atomic mass is 35.5. The average Bonchev–Trinajstić information content (AvgIpc) is 2.45. The van der Waals surface area contributed by atoms with Crippen molar-refractivity contribution in [2.24, 2.45) is 0 Å². The molecule has 2 heterocycles. The summed E-state index contributed by atoms with van der Waals surface area (Å²) >= 11 is 6.11. The van der Waals surface area contributed by atoms with Crippen LogP contribution in [0.4, 0.5) is 5.69 Å². The first-order chi connectivity index (χ1) is 9.33. The summed E-state index contributed by atoms with van der Waals surface area (Å²) in [6.45, 7) is 0.583. The summed E-state index contributed by atoms with van der Waals surface area (Å²) < 4.78 is 0. The maximum Gasteiger partial charge on any atom is 0.0934 e. The second-order valence-corrected chi connectivity index (χ2v) is 4.52. The van der Waals surface area contributed by atoms with E-state index in [-0.39, 0.29) is 0 Å². The van der Waals surface area contributed by atoms with E-state index in [0.717, 1.165) is 22.3 Å². The molecule has 2 aromatic heterocycles. The van der Waals surface area contributed by atoms with Crippen molar-refractivity contribution in [2.45, 2.75) is 6.54 Å². The highest BCUT2D eigenvalue weighted by Crippen LogP contribution is 2.26. The Morgan fingerprint density at radius 1 is 1.11 bits per heavy atom. The lowest BCUT2D eigenvalue weighted by molar-refractivity contribution is 1.01. The third-order valence-electron chi connectivity index (χ3n) is 2.75. The minimum absolute atomic E-state index is 0.583. The van der Waals surface area contributed by atoms with Gasteiger partial charge in [0.1, 0.15) is 0 Å². The van der Waals surface area contributed by atoms with Crippen molar-refractivity contribution in [2.75, 3.05) is 5.32 Å². The van der Waals surface area contributed by atoms with Crippen molar-refractivity contribution in [3.8, 4) is 0 Å². The van der Waals surface area contributed by atoms with Gasteiger partial charge in [0.05, 0.1) is 29.6 Å². The lowest BCUT2D eigenvalue weighted by atomic mass is 10.2. The Balaban J connectivity index is 1.92. The first-order valence-electron chi connectivity index (χ1n) is 5.86. The number of anilines is 1. The van der Waals surface area contributed by atoms with Gasteiger partial charge < -0.3 is 5.32 Å². The lowest BCUT2D eigenvalue weighted by Crippen LogP contribution is -2.02. The topological polar surface area (TPSA) is 50.7 Å². The SMILES string of the molecule is Clc1cc(NCc2cnccn2)c2ncccc2c1. The molecule has 0 spiro atoms. The summed E-state index contributed by atoms with van der Waals surface area (Å²) in [5, 5.41) is 4.99. The molecule has 0 saturated carbocycles. The van der Waals surface area contributed by atoms with Gasteiger partial charge in [-0.15, -0.1) is 0 Å². The van der Waals surface area contributed by atoms with Crippen LogP contribution in [0.15, 0.2) is 49.1 Å². The van der Waals surface area contributed by atoms with Crippen LogP contribution >= 0.6 is 11.6 Å². The molecule has 3 rings (SSSR count). The molecule has 94 valence electrons. The summed E-state index contributed by atoms with van der Waals surface area (Å²) in [6.07, 6.45) is 6.82. The van der Waals surface area contributed by atoms with Gasteiger partial charge in [-0.3, -0.25) is 15.0 Å². The number of aromatic nitrogens is 3. The number of pyridine rings is 1. The van der Waals surface area contributed by atoms with Crippen molar-refractivity contribution in [3.05, 3.63) is 59.8 Å². The number of nitrogens with one attached hydrogen (secondary N) is 1. The van der Waals surface area contributed by atoms with Gasteiger partial charge in [0.15, 0.2) is 0 Å². The fraction of sp³-hybridized carbons (Fsp3) is 0.0714. The minimum Gasteiger partial charge on any atom is -0.378 e. The van der Waals surface area contributed by atoms with Crippen LogP contribution in [0.2, 0.25) is 5.02 Å². The molecule has 1 aromatic carbocycles. The van der Waals surface area contributed by atoms with Crippen LogP contribution in [-0.4, -0.2) is 15.0 Å². The first-order valence-corrected chi connectivity index (χ1v) is 6.24. The van der Waals surface area contributed by atoms with Crippen LogP contribution in [0.5, 0.6) is 0 Å². The molecule has 0 atom stereocenters. The highest BCUT2D eigenvalue weighted by molar-refractivity contribution is 6.31. The minimum atomic E-state index is 0.583. The molecule has 5 heteroatoms. The van der Waals surface area contributed by atoms with Crippen LogP contribution in [0.1, 0.15) is 5.69 Å². The monoisotopic (exact) mass is 270 g/mol. The third kappa shape index (κ3) is 2.63. The Kier molecular flexibility index (Phi) is 3.25. The molecular formula is C14H11ClN4. The molecule has 0 aliphatic carbocycles. The number of nitrogens with zero attached hydrogens (tertiary/aromatic N) is 3. The van der Waals surface area contributed by atoms with Gasteiger partial charge in [-0.1, -0.05) is 17.7 Å². The number of rotatable bonds is 3. The van der Waals surface area contributed by atoms with Crippen molar-refractivity contribution in [1.82, 2.24) is 15.0 Å². The normalized spacial score (nSPS) is 10.6. The number of benzene rings is 1. The maximum absolute atomic E-state index is 6.11. The Hall–Kier alpha value is -2.20. The molecule has 0 amide bonds. The number of hydrogen-bond acceptors (Lipinski definition) is 4. The van der Waals surface area contributed by atoms with Crippen LogP contribution in [-0.2, 0) is 6.54 Å². The van der Waals surface area contributed by atoms with Crippen molar-refractivity contribution < 1.29 is 0 Å². The third-order valence-corrected chi connectivity index (χ3v) is 2.96. The molecule has 0 aliphatic rings. The molecule has 0 saturated heterocycles. The van der Waals surface area contributed by atoms with Gasteiger partial charge in [-0.25, -0.2) is 0 Å². The molecule has 1 N–H and O–H groups in total. The predicted molar refractivity (Wildman–Crippen MR) is 76.1 cm³/mol. The number of hydrogen-bond donors (Lipinski definition) is 1. The molecule has 19 heavy (non-hydrogen) atoms. The number of fused-ring (bicyclic) bond motifs is 1. The van der Waals surface area contributed by atoms with E-state index in [4.69, 9.17) is 11.6 Å². The Bertz CT molecular complexity index is 700. The summed E-state index contributed by atoms with van der Waals surface area (Å²) in [5.41, 5.74) is 2.66. The molecular weight excluding hydrogens is 260 g/mol. The fourth-order valence-electron chi connectivity index (χ4n) is 1.90. The van der Waals surface area contributed by atoms with Crippen LogP contribution in [0.25, 0.3) is 10.9 Å². The number of halogens is 1. The van der Waals surface area contributed by atoms with E-state index in [1.807, 2.05) is 24.3 Å². The van der Waals surface area contributed by atoms with Crippen LogP contribution < -0.4 is 5.32 Å². The molecule has 0 aliphatic heterocycles. The highest BCUT2D eigenvalue weighted by Gasteiger charge is 2.04. The van der Waals surface area contributed by atoms with E-state index in [1.54, 1.807) is 24.8 Å². The standard InChI is InChI=1S/C14H11ClN4/c15-11-6-10-2-1-3-18-14(10)13(7-11)19-9-12-8-16-4-5-17-12/h1-8,19H,9H2. The van der Waals surface area contributed by atoms with E-state index < -0.39 is 0 Å². The smallest absolute Gasteiger partial charge is 0.0934 e. The summed E-state index contributed by atoms with van der Waals surface area (Å²) in [4.78, 5) is 12.6. The van der Waals surface area contributed by atoms with Gasteiger partial charge in [-0.2, -0.15) is 0 Å². The summed E-state index contributed by atoms with van der Waals surface area (Å²) in [5.74, 6) is 0. The molecule has 4 nitrogen and oxygen atoms in total. The zero-order chi connectivity index (χ0) is 13.1. The lowest BCUT2D eigenvalue weighted by Gasteiger charge is -2.09. The Morgan fingerprint density at radius 3 is 2.89 bits per heavy atom. The van der Waals surface area contributed by atoms with Gasteiger partial charge in [0, 0.05) is 29.0 Å². The van der Waals surface area contributed by atoms with E-state index >= 15 is 0 Å². The summed E-state index contributed by atoms with van der Waals surface area (Å²) in [7, 11) is 0. The largest absolute Gasteiger partial charge is 0.378 e. The second kappa shape index (κ2) is 5.20. The van der Waals surface area contributed by atoms with Crippen molar-refractivity contribution in [3.63, 3.8) is 0 Å². The molecule has 0 bridgehead atoms. The van der Waals surface area contributed by atoms with E-state index in [0.29, 0.717) is 11.6 Å². The van der Waals surface area contributed by atoms with Crippen molar-refractivity contribution >= 4 is 28.2 Å². The second-order valence-electron chi connectivity index (χ2n) is 4.08. The average molecular weight is 271 g/mol. The van der Waals surface area contributed by atoms with Crippen LogP contribution in [0, 0.1) is 0 Å². The first kappa shape index (κ1) is 11.9. The van der Waals surface area contributed by atoms with E-state index in [2.05, 4.69) is 20.3 Å². The predicted octanol–water partition coefficient (Wildman–Crippen LogP) is 3.29. The van der Waals surface area contributed by atoms with E-state index in [9.17, 15) is 0 Å². The Morgan fingerprint density at radius 2 is 2.05 bits per heavy atom. The van der Waals surface area contributed by atoms with Crippen LogP contribution in [0.3, 0.4) is 0 Å². The van der Waals surface area contributed by atoms with Crippen molar-refractivity contribution in [1.29, 1.82) is 0 Å². The van der Waals surface area contributed by atoms with E-state index in [1.165, 1.54) is 0 Å². The fourth-order valence-corrected chi connectivity index (χ4v) is 2.12. The Labute approximate surface area is 115 Å². The maximum atomic E-state index is 6.11. The molecule has 3 aromatic rings. The van der Waals surface area contributed by atoms with Gasteiger partial charge >= 0.3 is 0 Å². The zero-order valence-corrected chi connectivity index (χ0v) is 10.8. The van der Waals surface area contributed by atoms with Gasteiger partial charge in [0.2, 0.25) is 0 Å². The zero-order valence-electron chi connectivity index (χ0n) is 10.0. The molecule has 0 radical (unpaired) electrons. The molecule has 0 unspecified atom stereocenters.